The smallest absolute Gasteiger partial charge is 0.341 e. The SMILES string of the molecule is COC(=O)c1c(NC(=O)COC(=O)c2ccc(C)cc2C)sc(C)c1C. The second kappa shape index (κ2) is 8.14. The van der Waals surface area contributed by atoms with Crippen molar-refractivity contribution in [1.82, 2.24) is 0 Å². The third kappa shape index (κ3) is 4.29. The van der Waals surface area contributed by atoms with Gasteiger partial charge in [0.2, 0.25) is 0 Å². The Kier molecular flexibility index (Phi) is 6.15. The molecule has 0 aliphatic heterocycles. The van der Waals surface area contributed by atoms with E-state index in [9.17, 15) is 14.4 Å². The van der Waals surface area contributed by atoms with Crippen LogP contribution in [0.1, 0.15) is 42.3 Å². The highest BCUT2D eigenvalue weighted by molar-refractivity contribution is 7.16. The Labute approximate surface area is 156 Å². The van der Waals surface area contributed by atoms with Crippen LogP contribution in [-0.4, -0.2) is 31.6 Å². The van der Waals surface area contributed by atoms with E-state index in [1.165, 1.54) is 18.4 Å². The number of rotatable bonds is 5. The molecule has 6 nitrogen and oxygen atoms in total. The van der Waals surface area contributed by atoms with Gasteiger partial charge in [0.05, 0.1) is 18.2 Å². The first-order valence-corrected chi connectivity index (χ1v) is 8.78. The third-order valence-corrected chi connectivity index (χ3v) is 5.09. The summed E-state index contributed by atoms with van der Waals surface area (Å²) in [4.78, 5) is 37.1. The van der Waals surface area contributed by atoms with Crippen molar-refractivity contribution in [3.05, 3.63) is 50.9 Å². The van der Waals surface area contributed by atoms with Crippen molar-refractivity contribution in [3.63, 3.8) is 0 Å². The molecule has 0 saturated heterocycles. The van der Waals surface area contributed by atoms with Crippen LogP contribution in [0.3, 0.4) is 0 Å². The summed E-state index contributed by atoms with van der Waals surface area (Å²) in [6.45, 7) is 6.93. The van der Waals surface area contributed by atoms with E-state index in [0.717, 1.165) is 21.6 Å². The highest BCUT2D eigenvalue weighted by atomic mass is 32.1. The van der Waals surface area contributed by atoms with Gasteiger partial charge in [-0.1, -0.05) is 17.7 Å². The fourth-order valence-corrected chi connectivity index (χ4v) is 3.54. The topological polar surface area (TPSA) is 81.7 Å². The van der Waals surface area contributed by atoms with Crippen molar-refractivity contribution in [3.8, 4) is 0 Å². The number of methoxy groups -OCH3 is 1. The average Bonchev–Trinajstić information content (AvgIpc) is 2.86. The maximum Gasteiger partial charge on any atom is 0.341 e. The summed E-state index contributed by atoms with van der Waals surface area (Å²) in [6, 6.07) is 5.35. The van der Waals surface area contributed by atoms with Crippen LogP contribution in [0.25, 0.3) is 0 Å². The molecule has 2 aromatic rings. The van der Waals surface area contributed by atoms with Crippen molar-refractivity contribution in [2.75, 3.05) is 19.0 Å². The number of thiophene rings is 1. The molecule has 0 aliphatic rings. The number of hydrogen-bond donors (Lipinski definition) is 1. The lowest BCUT2D eigenvalue weighted by Gasteiger charge is -2.09. The number of anilines is 1. The van der Waals surface area contributed by atoms with Crippen LogP contribution in [-0.2, 0) is 14.3 Å². The third-order valence-electron chi connectivity index (χ3n) is 3.96. The second-order valence-corrected chi connectivity index (χ2v) is 7.15. The number of benzene rings is 1. The van der Waals surface area contributed by atoms with Gasteiger partial charge in [-0.2, -0.15) is 0 Å². The number of aryl methyl sites for hydroxylation is 3. The summed E-state index contributed by atoms with van der Waals surface area (Å²) in [6.07, 6.45) is 0. The standard InChI is InChI=1S/C19H21NO5S/c1-10-6-7-14(11(2)8-10)18(22)25-9-15(21)20-17-16(19(23)24-5)12(3)13(4)26-17/h6-8H,9H2,1-5H3,(H,20,21). The van der Waals surface area contributed by atoms with Crippen LogP contribution >= 0.6 is 11.3 Å². The molecule has 0 bridgehead atoms. The number of amides is 1. The fourth-order valence-electron chi connectivity index (χ4n) is 2.48. The molecule has 0 saturated carbocycles. The molecule has 2 rings (SSSR count). The molecule has 1 amide bonds. The molecular weight excluding hydrogens is 354 g/mol. The summed E-state index contributed by atoms with van der Waals surface area (Å²) in [5.74, 6) is -1.60. The van der Waals surface area contributed by atoms with Crippen LogP contribution in [0.2, 0.25) is 0 Å². The summed E-state index contributed by atoms with van der Waals surface area (Å²) in [5, 5.41) is 3.01. The summed E-state index contributed by atoms with van der Waals surface area (Å²) in [7, 11) is 1.28. The molecule has 1 heterocycles. The van der Waals surface area contributed by atoms with Crippen LogP contribution < -0.4 is 5.32 Å². The van der Waals surface area contributed by atoms with E-state index in [4.69, 9.17) is 9.47 Å². The Bertz CT molecular complexity index is 869. The number of ether oxygens (including phenoxy) is 2. The Morgan fingerprint density at radius 3 is 2.38 bits per heavy atom. The van der Waals surface area contributed by atoms with Crippen LogP contribution in [0, 0.1) is 27.7 Å². The van der Waals surface area contributed by atoms with Crippen LogP contribution in [0.4, 0.5) is 5.00 Å². The van der Waals surface area contributed by atoms with E-state index in [1.807, 2.05) is 32.9 Å². The van der Waals surface area contributed by atoms with Gasteiger partial charge in [-0.3, -0.25) is 4.79 Å². The van der Waals surface area contributed by atoms with Gasteiger partial charge in [0.15, 0.2) is 6.61 Å². The van der Waals surface area contributed by atoms with E-state index in [2.05, 4.69) is 5.32 Å². The summed E-state index contributed by atoms with van der Waals surface area (Å²) in [5.41, 5.74) is 3.32. The summed E-state index contributed by atoms with van der Waals surface area (Å²) < 4.78 is 9.85. The molecule has 1 aromatic carbocycles. The summed E-state index contributed by atoms with van der Waals surface area (Å²) >= 11 is 1.27. The monoisotopic (exact) mass is 375 g/mol. The average molecular weight is 375 g/mol. The molecule has 0 aliphatic carbocycles. The quantitative estimate of drug-likeness (QED) is 0.808. The van der Waals surface area contributed by atoms with Gasteiger partial charge in [0.25, 0.3) is 5.91 Å². The Morgan fingerprint density at radius 2 is 1.77 bits per heavy atom. The minimum Gasteiger partial charge on any atom is -0.465 e. The first-order valence-electron chi connectivity index (χ1n) is 7.97. The first kappa shape index (κ1) is 19.7. The van der Waals surface area contributed by atoms with E-state index in [0.29, 0.717) is 16.1 Å². The van der Waals surface area contributed by atoms with Gasteiger partial charge in [0.1, 0.15) is 5.00 Å². The number of carbonyl (C=O) groups is 3. The van der Waals surface area contributed by atoms with Gasteiger partial charge >= 0.3 is 11.9 Å². The van der Waals surface area contributed by atoms with Crippen molar-refractivity contribution >= 4 is 34.2 Å². The zero-order chi connectivity index (χ0) is 19.4. The highest BCUT2D eigenvalue weighted by Gasteiger charge is 2.22. The van der Waals surface area contributed by atoms with Gasteiger partial charge in [-0.05, 0) is 44.9 Å². The maximum absolute atomic E-state index is 12.1. The minimum atomic E-state index is -0.565. The fraction of sp³-hybridized carbons (Fsp3) is 0.316. The molecule has 0 atom stereocenters. The highest BCUT2D eigenvalue weighted by Crippen LogP contribution is 2.32. The zero-order valence-electron chi connectivity index (χ0n) is 15.4. The molecule has 0 unspecified atom stereocenters. The first-order chi connectivity index (χ1) is 12.2. The number of hydrogen-bond acceptors (Lipinski definition) is 6. The van der Waals surface area contributed by atoms with Crippen molar-refractivity contribution in [1.29, 1.82) is 0 Å². The molecule has 138 valence electrons. The maximum atomic E-state index is 12.1. The molecule has 7 heteroatoms. The second-order valence-electron chi connectivity index (χ2n) is 5.92. The molecule has 0 fully saturated rings. The Balaban J connectivity index is 2.05. The van der Waals surface area contributed by atoms with Crippen molar-refractivity contribution in [2.45, 2.75) is 27.7 Å². The minimum absolute atomic E-state index is 0.323. The number of carbonyl (C=O) groups excluding carboxylic acids is 3. The largest absolute Gasteiger partial charge is 0.465 e. The molecule has 1 aromatic heterocycles. The molecular formula is C19H21NO5S. The number of esters is 2. The Hall–Kier alpha value is -2.67. The predicted molar refractivity (Wildman–Crippen MR) is 100.0 cm³/mol. The normalized spacial score (nSPS) is 10.3. The van der Waals surface area contributed by atoms with Crippen molar-refractivity contribution in [2.24, 2.45) is 0 Å². The van der Waals surface area contributed by atoms with Gasteiger partial charge < -0.3 is 14.8 Å². The van der Waals surface area contributed by atoms with E-state index >= 15 is 0 Å². The number of nitrogens with one attached hydrogen (secondary N) is 1. The molecule has 1 N–H and O–H groups in total. The van der Waals surface area contributed by atoms with Gasteiger partial charge in [-0.25, -0.2) is 9.59 Å². The zero-order valence-corrected chi connectivity index (χ0v) is 16.2. The molecule has 26 heavy (non-hydrogen) atoms. The lowest BCUT2D eigenvalue weighted by atomic mass is 10.1. The van der Waals surface area contributed by atoms with Crippen molar-refractivity contribution < 1.29 is 23.9 Å². The predicted octanol–water partition coefficient (Wildman–Crippen LogP) is 3.56. The Morgan fingerprint density at radius 1 is 1.08 bits per heavy atom. The van der Waals surface area contributed by atoms with Gasteiger partial charge in [0, 0.05) is 4.88 Å². The van der Waals surface area contributed by atoms with E-state index in [-0.39, 0.29) is 0 Å². The molecule has 0 radical (unpaired) electrons. The lowest BCUT2D eigenvalue weighted by Crippen LogP contribution is -2.22. The molecule has 0 spiro atoms. The van der Waals surface area contributed by atoms with Crippen LogP contribution in [0.15, 0.2) is 18.2 Å². The lowest BCUT2D eigenvalue weighted by molar-refractivity contribution is -0.119. The van der Waals surface area contributed by atoms with E-state index in [1.54, 1.807) is 13.0 Å². The van der Waals surface area contributed by atoms with Crippen LogP contribution in [0.5, 0.6) is 0 Å². The van der Waals surface area contributed by atoms with E-state index < -0.39 is 24.5 Å². The van der Waals surface area contributed by atoms with Gasteiger partial charge in [-0.15, -0.1) is 11.3 Å².